The molecule has 1 unspecified atom stereocenters. The second-order valence-corrected chi connectivity index (χ2v) is 9.94. The van der Waals surface area contributed by atoms with Crippen molar-refractivity contribution in [1.29, 1.82) is 0 Å². The van der Waals surface area contributed by atoms with E-state index in [1.807, 2.05) is 29.0 Å². The number of aliphatic hydroxyl groups is 1. The minimum atomic E-state index is -0.578. The van der Waals surface area contributed by atoms with Crippen LogP contribution in [0.2, 0.25) is 0 Å². The van der Waals surface area contributed by atoms with Crippen LogP contribution in [0.25, 0.3) is 0 Å². The van der Waals surface area contributed by atoms with Gasteiger partial charge in [-0.2, -0.15) is 0 Å². The highest BCUT2D eigenvalue weighted by Gasteiger charge is 2.04. The van der Waals surface area contributed by atoms with E-state index < -0.39 is 6.29 Å². The zero-order chi connectivity index (χ0) is 25.7. The van der Waals surface area contributed by atoms with Crippen molar-refractivity contribution >= 4 is 0 Å². The van der Waals surface area contributed by atoms with Crippen LogP contribution in [0.3, 0.4) is 0 Å². The lowest BCUT2D eigenvalue weighted by Crippen LogP contribution is -2.12. The van der Waals surface area contributed by atoms with Crippen LogP contribution in [0.4, 0.5) is 0 Å². The highest BCUT2D eigenvalue weighted by molar-refractivity contribution is 5.19. The minimum Gasteiger partial charge on any atom is -0.479 e. The summed E-state index contributed by atoms with van der Waals surface area (Å²) in [5, 5.41) is 9.34. The molecular weight excluding hydrogens is 450 g/mol. The molecular formula is C31H49NO4. The van der Waals surface area contributed by atoms with E-state index >= 15 is 0 Å². The van der Waals surface area contributed by atoms with Gasteiger partial charge in [0.1, 0.15) is 0 Å². The van der Waals surface area contributed by atoms with Crippen LogP contribution in [0, 0.1) is 0 Å². The number of benzene rings is 1. The Hall–Kier alpha value is -2.11. The Morgan fingerprint density at radius 3 is 1.83 bits per heavy atom. The van der Waals surface area contributed by atoms with E-state index in [1.165, 1.54) is 89.0 Å². The zero-order valence-corrected chi connectivity index (χ0v) is 22.5. The lowest BCUT2D eigenvalue weighted by molar-refractivity contribution is -0.0793. The molecule has 5 nitrogen and oxygen atoms in total. The van der Waals surface area contributed by atoms with Gasteiger partial charge in [-0.05, 0) is 24.8 Å². The van der Waals surface area contributed by atoms with Crippen molar-refractivity contribution in [3.05, 3.63) is 64.4 Å². The van der Waals surface area contributed by atoms with E-state index in [-0.39, 0.29) is 5.43 Å². The smallest absolute Gasteiger partial charge is 0.197 e. The number of hydrogen-bond donors (Lipinski definition) is 1. The molecule has 0 saturated carbocycles. The number of hydrogen-bond acceptors (Lipinski definition) is 4. The fourth-order valence-electron chi connectivity index (χ4n) is 4.54. The van der Waals surface area contributed by atoms with E-state index in [0.717, 1.165) is 19.3 Å². The molecule has 1 aromatic heterocycles. The number of aromatic nitrogens is 1. The van der Waals surface area contributed by atoms with E-state index in [9.17, 15) is 9.90 Å². The van der Waals surface area contributed by atoms with E-state index in [4.69, 9.17) is 9.47 Å². The Bertz CT molecular complexity index is 836. The highest BCUT2D eigenvalue weighted by atomic mass is 16.6. The van der Waals surface area contributed by atoms with Crippen molar-refractivity contribution in [2.75, 3.05) is 13.7 Å². The first kappa shape index (κ1) is 30.1. The summed E-state index contributed by atoms with van der Waals surface area (Å²) < 4.78 is 12.8. The summed E-state index contributed by atoms with van der Waals surface area (Å²) in [6, 6.07) is 13.4. The molecule has 0 amide bonds. The van der Waals surface area contributed by atoms with Crippen LogP contribution >= 0.6 is 0 Å². The molecule has 36 heavy (non-hydrogen) atoms. The average Bonchev–Trinajstić information content (AvgIpc) is 2.89. The molecule has 0 fully saturated rings. The van der Waals surface area contributed by atoms with Gasteiger partial charge in [0.2, 0.25) is 0 Å². The fraction of sp³-hybridized carbons (Fsp3) is 0.645. The van der Waals surface area contributed by atoms with Gasteiger partial charge in [-0.25, -0.2) is 0 Å². The van der Waals surface area contributed by atoms with Crippen LogP contribution in [-0.2, 0) is 11.3 Å². The maximum absolute atomic E-state index is 11.8. The molecule has 202 valence electrons. The van der Waals surface area contributed by atoms with Gasteiger partial charge in [0, 0.05) is 25.4 Å². The van der Waals surface area contributed by atoms with Gasteiger partial charge in [0.15, 0.2) is 17.6 Å². The summed E-state index contributed by atoms with van der Waals surface area (Å²) in [6.45, 7) is 1.37. The fourth-order valence-corrected chi connectivity index (χ4v) is 4.54. The SMILES string of the molecule is COC(O)CCCCCCCCCCCCCCCCCOc1cc(=O)ccn1Cc1ccccc1. The Morgan fingerprint density at radius 2 is 1.28 bits per heavy atom. The maximum atomic E-state index is 11.8. The lowest BCUT2D eigenvalue weighted by Gasteiger charge is -2.14. The molecule has 0 aliphatic rings. The Kier molecular flexibility index (Phi) is 16.7. The van der Waals surface area contributed by atoms with Crippen LogP contribution in [0.5, 0.6) is 5.88 Å². The molecule has 0 aliphatic heterocycles. The first-order valence-electron chi connectivity index (χ1n) is 14.3. The number of aliphatic hydroxyl groups excluding tert-OH is 1. The molecule has 0 radical (unpaired) electrons. The van der Waals surface area contributed by atoms with Gasteiger partial charge in [0.05, 0.1) is 13.2 Å². The predicted molar refractivity (Wildman–Crippen MR) is 149 cm³/mol. The van der Waals surface area contributed by atoms with Crippen LogP contribution in [0.1, 0.15) is 108 Å². The summed E-state index contributed by atoms with van der Waals surface area (Å²) >= 11 is 0. The zero-order valence-electron chi connectivity index (χ0n) is 22.5. The normalized spacial score (nSPS) is 12.1. The summed E-state index contributed by atoms with van der Waals surface area (Å²) in [7, 11) is 1.56. The van der Waals surface area contributed by atoms with Crippen LogP contribution in [-0.4, -0.2) is 29.7 Å². The van der Waals surface area contributed by atoms with Crippen molar-refractivity contribution < 1.29 is 14.6 Å². The van der Waals surface area contributed by atoms with Crippen molar-refractivity contribution in [3.63, 3.8) is 0 Å². The number of rotatable bonds is 22. The minimum absolute atomic E-state index is 0.00967. The van der Waals surface area contributed by atoms with Crippen LogP contribution in [0.15, 0.2) is 53.5 Å². The molecule has 2 rings (SSSR count). The molecule has 0 bridgehead atoms. The van der Waals surface area contributed by atoms with Gasteiger partial charge in [-0.1, -0.05) is 114 Å². The second kappa shape index (κ2) is 20.0. The van der Waals surface area contributed by atoms with E-state index in [1.54, 1.807) is 19.2 Å². The Balaban J connectivity index is 1.40. The quantitative estimate of drug-likeness (QED) is 0.135. The third-order valence-corrected chi connectivity index (χ3v) is 6.78. The Labute approximate surface area is 218 Å². The maximum Gasteiger partial charge on any atom is 0.197 e. The average molecular weight is 500 g/mol. The van der Waals surface area contributed by atoms with E-state index in [2.05, 4.69) is 12.1 Å². The van der Waals surface area contributed by atoms with Gasteiger partial charge in [-0.15, -0.1) is 0 Å². The summed E-state index contributed by atoms with van der Waals surface area (Å²) in [5.41, 5.74) is 1.18. The van der Waals surface area contributed by atoms with Crippen molar-refractivity contribution in [2.24, 2.45) is 0 Å². The standard InChI is InChI=1S/C31H49NO4/c1-35-31(34)22-18-13-11-9-7-5-3-2-4-6-8-10-12-14-19-25-36-30-26-29(33)23-24-32(30)27-28-20-16-15-17-21-28/h15-17,20-21,23-24,26,31,34H,2-14,18-19,22,25,27H2,1H3. The first-order valence-corrected chi connectivity index (χ1v) is 14.3. The molecule has 1 heterocycles. The van der Waals surface area contributed by atoms with Crippen LogP contribution < -0.4 is 10.2 Å². The number of pyridine rings is 1. The second-order valence-electron chi connectivity index (χ2n) is 9.94. The van der Waals surface area contributed by atoms with Gasteiger partial charge in [0.25, 0.3) is 0 Å². The third-order valence-electron chi connectivity index (χ3n) is 6.78. The number of nitrogens with zero attached hydrogens (tertiary/aromatic N) is 1. The van der Waals surface area contributed by atoms with E-state index in [0.29, 0.717) is 19.0 Å². The topological polar surface area (TPSA) is 60.7 Å². The Morgan fingerprint density at radius 1 is 0.750 bits per heavy atom. The number of unbranched alkanes of at least 4 members (excludes halogenated alkanes) is 14. The third kappa shape index (κ3) is 14.4. The summed E-state index contributed by atoms with van der Waals surface area (Å²) in [6.07, 6.45) is 21.2. The summed E-state index contributed by atoms with van der Waals surface area (Å²) in [5.74, 6) is 0.660. The summed E-state index contributed by atoms with van der Waals surface area (Å²) in [4.78, 5) is 11.8. The molecule has 1 atom stereocenters. The molecule has 1 N–H and O–H groups in total. The molecule has 0 saturated heterocycles. The molecule has 1 aromatic carbocycles. The molecule has 2 aromatic rings. The van der Waals surface area contributed by atoms with Gasteiger partial charge >= 0.3 is 0 Å². The largest absolute Gasteiger partial charge is 0.479 e. The molecule has 0 aliphatic carbocycles. The van der Waals surface area contributed by atoms with Crippen molar-refractivity contribution in [3.8, 4) is 5.88 Å². The monoisotopic (exact) mass is 499 g/mol. The number of methoxy groups -OCH3 is 1. The predicted octanol–water partition coefficient (Wildman–Crippen LogP) is 7.48. The van der Waals surface area contributed by atoms with Gasteiger partial charge < -0.3 is 19.1 Å². The molecule has 5 heteroatoms. The first-order chi connectivity index (χ1) is 17.7. The van der Waals surface area contributed by atoms with Crippen molar-refractivity contribution in [2.45, 2.75) is 116 Å². The number of ether oxygens (including phenoxy) is 2. The lowest BCUT2D eigenvalue weighted by atomic mass is 10.0. The van der Waals surface area contributed by atoms with Crippen molar-refractivity contribution in [1.82, 2.24) is 4.57 Å². The highest BCUT2D eigenvalue weighted by Crippen LogP contribution is 2.15. The van der Waals surface area contributed by atoms with Gasteiger partial charge in [-0.3, -0.25) is 4.79 Å². The molecule has 0 spiro atoms.